The van der Waals surface area contributed by atoms with Crippen LogP contribution >= 0.6 is 0 Å². The first kappa shape index (κ1) is 20.8. The maximum atomic E-state index is 13.3. The standard InChI is InChI=1S/C22H26F2N2O4/c1-28-14-17-12-20(27)25-21-26(17)13-19(30-21)8-11-29-18-4-2-15(3-5-18)16-6-9-22(23,24)10-7-16/h2-5,12,16,19H,6-11,13-14H2,1H3. The van der Waals surface area contributed by atoms with Crippen molar-refractivity contribution in [3.05, 3.63) is 51.9 Å². The van der Waals surface area contributed by atoms with E-state index in [9.17, 15) is 13.6 Å². The van der Waals surface area contributed by atoms with Gasteiger partial charge in [-0.2, -0.15) is 4.98 Å². The quantitative estimate of drug-likeness (QED) is 0.680. The second kappa shape index (κ2) is 8.71. The number of ether oxygens (including phenoxy) is 3. The van der Waals surface area contributed by atoms with Gasteiger partial charge in [-0.3, -0.25) is 9.36 Å². The Morgan fingerprint density at radius 2 is 1.97 bits per heavy atom. The lowest BCUT2D eigenvalue weighted by Crippen LogP contribution is -2.23. The van der Waals surface area contributed by atoms with E-state index >= 15 is 0 Å². The van der Waals surface area contributed by atoms with Crippen LogP contribution in [0.3, 0.4) is 0 Å². The summed E-state index contributed by atoms with van der Waals surface area (Å²) in [5.74, 6) is -1.57. The summed E-state index contributed by atoms with van der Waals surface area (Å²) in [4.78, 5) is 15.6. The Bertz CT molecular complexity index is 920. The van der Waals surface area contributed by atoms with Crippen LogP contribution in [0.15, 0.2) is 35.1 Å². The molecule has 1 aliphatic heterocycles. The van der Waals surface area contributed by atoms with Crippen LogP contribution in [0.1, 0.15) is 49.3 Å². The number of rotatable bonds is 7. The van der Waals surface area contributed by atoms with Gasteiger partial charge in [0.1, 0.15) is 11.9 Å². The molecule has 8 heteroatoms. The lowest BCUT2D eigenvalue weighted by atomic mass is 9.82. The number of hydrogen-bond donors (Lipinski definition) is 0. The van der Waals surface area contributed by atoms with Crippen LogP contribution in [-0.4, -0.2) is 35.3 Å². The first-order chi connectivity index (χ1) is 14.4. The molecular weight excluding hydrogens is 394 g/mol. The topological polar surface area (TPSA) is 62.6 Å². The van der Waals surface area contributed by atoms with Gasteiger partial charge < -0.3 is 14.2 Å². The molecule has 2 aliphatic rings. The van der Waals surface area contributed by atoms with Crippen LogP contribution in [-0.2, 0) is 17.9 Å². The predicted molar refractivity (Wildman–Crippen MR) is 106 cm³/mol. The largest absolute Gasteiger partial charge is 0.493 e. The highest BCUT2D eigenvalue weighted by Gasteiger charge is 2.35. The number of hydrogen-bond acceptors (Lipinski definition) is 5. The van der Waals surface area contributed by atoms with Crippen LogP contribution in [0.4, 0.5) is 8.78 Å². The van der Waals surface area contributed by atoms with Crippen LogP contribution in [0, 0.1) is 0 Å². The van der Waals surface area contributed by atoms with Crippen LogP contribution < -0.4 is 15.0 Å². The normalized spacial score (nSPS) is 20.6. The molecule has 4 rings (SSSR count). The van der Waals surface area contributed by atoms with Gasteiger partial charge in [-0.05, 0) is 36.5 Å². The molecule has 0 spiro atoms. The summed E-state index contributed by atoms with van der Waals surface area (Å²) in [7, 11) is 1.58. The van der Waals surface area contributed by atoms with Gasteiger partial charge in [0.05, 0.1) is 25.5 Å². The van der Waals surface area contributed by atoms with Crippen molar-refractivity contribution >= 4 is 0 Å². The zero-order valence-electron chi connectivity index (χ0n) is 17.0. The van der Waals surface area contributed by atoms with Crippen molar-refractivity contribution in [3.63, 3.8) is 0 Å². The maximum Gasteiger partial charge on any atom is 0.300 e. The molecule has 0 N–H and O–H groups in total. The molecule has 1 unspecified atom stereocenters. The van der Waals surface area contributed by atoms with Crippen molar-refractivity contribution < 1.29 is 23.0 Å². The Hall–Kier alpha value is -2.48. The molecule has 2 heterocycles. The van der Waals surface area contributed by atoms with Gasteiger partial charge in [-0.1, -0.05) is 12.1 Å². The van der Waals surface area contributed by atoms with Gasteiger partial charge in [0, 0.05) is 32.4 Å². The first-order valence-electron chi connectivity index (χ1n) is 10.3. The van der Waals surface area contributed by atoms with Gasteiger partial charge in [0.25, 0.3) is 11.6 Å². The van der Waals surface area contributed by atoms with Crippen molar-refractivity contribution in [2.75, 3.05) is 13.7 Å². The average molecular weight is 420 g/mol. The Morgan fingerprint density at radius 1 is 1.23 bits per heavy atom. The zero-order chi connectivity index (χ0) is 21.1. The molecule has 1 aliphatic carbocycles. The number of halogens is 2. The Labute approximate surface area is 173 Å². The third kappa shape index (κ3) is 4.80. The van der Waals surface area contributed by atoms with E-state index in [0.29, 0.717) is 45.0 Å². The summed E-state index contributed by atoms with van der Waals surface area (Å²) in [6.45, 7) is 1.37. The first-order valence-corrected chi connectivity index (χ1v) is 10.3. The summed E-state index contributed by atoms with van der Waals surface area (Å²) in [5, 5.41) is 0. The highest BCUT2D eigenvalue weighted by Crippen LogP contribution is 2.41. The molecule has 2 aromatic rings. The van der Waals surface area contributed by atoms with Gasteiger partial charge in [0.2, 0.25) is 5.92 Å². The van der Waals surface area contributed by atoms with Gasteiger partial charge >= 0.3 is 0 Å². The SMILES string of the molecule is COCc1cc(=O)nc2n1CC(CCOc1ccc(C3CCC(F)(F)CC3)cc1)O2. The number of benzene rings is 1. The maximum absolute atomic E-state index is 13.3. The van der Waals surface area contributed by atoms with Gasteiger partial charge in [-0.25, -0.2) is 8.78 Å². The molecular formula is C22H26F2N2O4. The molecule has 0 radical (unpaired) electrons. The Morgan fingerprint density at radius 3 is 2.67 bits per heavy atom. The molecule has 162 valence electrons. The molecule has 1 fully saturated rings. The zero-order valence-corrected chi connectivity index (χ0v) is 17.0. The van der Waals surface area contributed by atoms with Crippen molar-refractivity contribution in [1.82, 2.24) is 9.55 Å². The van der Waals surface area contributed by atoms with E-state index in [0.717, 1.165) is 17.0 Å². The Kier molecular flexibility index (Phi) is 6.04. The smallest absolute Gasteiger partial charge is 0.300 e. The second-order valence-corrected chi connectivity index (χ2v) is 7.99. The summed E-state index contributed by atoms with van der Waals surface area (Å²) in [5.41, 5.74) is 1.49. The second-order valence-electron chi connectivity index (χ2n) is 7.99. The van der Waals surface area contributed by atoms with E-state index in [2.05, 4.69) is 4.98 Å². The molecule has 0 bridgehead atoms. The van der Waals surface area contributed by atoms with Crippen molar-refractivity contribution in [1.29, 1.82) is 0 Å². The fourth-order valence-corrected chi connectivity index (χ4v) is 4.14. The molecule has 1 atom stereocenters. The van der Waals surface area contributed by atoms with E-state index in [1.807, 2.05) is 28.8 Å². The molecule has 1 saturated carbocycles. The van der Waals surface area contributed by atoms with E-state index < -0.39 is 5.92 Å². The fourth-order valence-electron chi connectivity index (χ4n) is 4.14. The molecule has 0 saturated heterocycles. The summed E-state index contributed by atoms with van der Waals surface area (Å²) >= 11 is 0. The van der Waals surface area contributed by atoms with E-state index in [-0.39, 0.29) is 30.4 Å². The summed E-state index contributed by atoms with van der Waals surface area (Å²) in [6.07, 6.45) is 1.49. The van der Waals surface area contributed by atoms with Gasteiger partial charge in [0.15, 0.2) is 0 Å². The molecule has 1 aromatic carbocycles. The van der Waals surface area contributed by atoms with Crippen LogP contribution in [0.5, 0.6) is 11.8 Å². The van der Waals surface area contributed by atoms with Crippen molar-refractivity contribution in [2.45, 2.75) is 63.2 Å². The number of fused-ring (bicyclic) bond motifs is 1. The lowest BCUT2D eigenvalue weighted by molar-refractivity contribution is -0.0382. The minimum atomic E-state index is -2.51. The number of methoxy groups -OCH3 is 1. The minimum Gasteiger partial charge on any atom is -0.493 e. The van der Waals surface area contributed by atoms with E-state index in [4.69, 9.17) is 14.2 Å². The number of alkyl halides is 2. The van der Waals surface area contributed by atoms with Crippen molar-refractivity contribution in [3.8, 4) is 11.8 Å². The average Bonchev–Trinajstić information content (AvgIpc) is 3.12. The fraction of sp³-hybridized carbons (Fsp3) is 0.545. The highest BCUT2D eigenvalue weighted by atomic mass is 19.3. The monoisotopic (exact) mass is 420 g/mol. The van der Waals surface area contributed by atoms with Crippen LogP contribution in [0.2, 0.25) is 0 Å². The molecule has 0 amide bonds. The molecule has 1 aromatic heterocycles. The minimum absolute atomic E-state index is 0.0352. The number of aromatic nitrogens is 2. The van der Waals surface area contributed by atoms with E-state index in [1.165, 1.54) is 6.07 Å². The Balaban J connectivity index is 1.27. The summed E-state index contributed by atoms with van der Waals surface area (Å²) in [6, 6.07) is 9.51. The van der Waals surface area contributed by atoms with Gasteiger partial charge in [-0.15, -0.1) is 0 Å². The van der Waals surface area contributed by atoms with Crippen LogP contribution in [0.25, 0.3) is 0 Å². The highest BCUT2D eigenvalue weighted by molar-refractivity contribution is 5.29. The lowest BCUT2D eigenvalue weighted by Gasteiger charge is -2.28. The molecule has 6 nitrogen and oxygen atoms in total. The van der Waals surface area contributed by atoms with E-state index in [1.54, 1.807) is 7.11 Å². The summed E-state index contributed by atoms with van der Waals surface area (Å²) < 4.78 is 45.3. The molecule has 30 heavy (non-hydrogen) atoms. The number of nitrogens with zero attached hydrogens (tertiary/aromatic N) is 2. The third-order valence-corrected chi connectivity index (χ3v) is 5.80. The third-order valence-electron chi connectivity index (χ3n) is 5.80. The predicted octanol–water partition coefficient (Wildman–Crippen LogP) is 3.91. The van der Waals surface area contributed by atoms with Crippen molar-refractivity contribution in [2.24, 2.45) is 0 Å².